The highest BCUT2D eigenvalue weighted by molar-refractivity contribution is 14.0. The molecule has 0 amide bonds. The van der Waals surface area contributed by atoms with E-state index in [9.17, 15) is 0 Å². The molecule has 0 fully saturated rings. The number of aliphatic imine (C=N–C) groups is 1. The number of guanidine groups is 1. The minimum Gasteiger partial charge on any atom is -0.493 e. The Balaban J connectivity index is 0.00000392. The van der Waals surface area contributed by atoms with Gasteiger partial charge in [-0.3, -0.25) is 9.67 Å². The fraction of sp³-hybridized carbons (Fsp3) is 0.500. The first-order valence-electron chi connectivity index (χ1n) is 8.65. The molecular weight excluding hydrogens is 473 g/mol. The predicted octanol–water partition coefficient (Wildman–Crippen LogP) is 1.42. The molecule has 2 aromatic rings. The molecule has 1 aromatic carbocycles. The number of likely N-dealkylation sites (N-methyl/N-ethyl adjacent to an activating group) is 1. The number of ether oxygens (including phenoxy) is 2. The molecule has 1 unspecified atom stereocenters. The molecule has 1 atom stereocenters. The van der Waals surface area contributed by atoms with E-state index in [2.05, 4.69) is 30.6 Å². The number of methoxy groups -OCH3 is 2. The van der Waals surface area contributed by atoms with E-state index in [0.29, 0.717) is 30.5 Å². The number of hydrogen-bond donors (Lipinski definition) is 2. The smallest absolute Gasteiger partial charge is 0.191 e. The van der Waals surface area contributed by atoms with Gasteiger partial charge in [-0.05, 0) is 31.8 Å². The molecule has 0 aliphatic heterocycles. The van der Waals surface area contributed by atoms with Gasteiger partial charge in [-0.2, -0.15) is 5.10 Å². The van der Waals surface area contributed by atoms with E-state index in [1.807, 2.05) is 39.3 Å². The Kier molecular flexibility index (Phi) is 10.0. The van der Waals surface area contributed by atoms with Crippen LogP contribution in [-0.2, 0) is 13.6 Å². The van der Waals surface area contributed by atoms with Gasteiger partial charge >= 0.3 is 0 Å². The lowest BCUT2D eigenvalue weighted by molar-refractivity contribution is 0.295. The maximum absolute atomic E-state index is 5.43. The molecule has 0 radical (unpaired) electrons. The van der Waals surface area contributed by atoms with Crippen LogP contribution in [-0.4, -0.2) is 67.5 Å². The molecular formula is C18H30IN7O2. The third-order valence-corrected chi connectivity index (χ3v) is 4.32. The third-order valence-electron chi connectivity index (χ3n) is 4.32. The fourth-order valence-corrected chi connectivity index (χ4v) is 2.72. The lowest BCUT2D eigenvalue weighted by Gasteiger charge is -2.26. The zero-order valence-electron chi connectivity index (χ0n) is 17.3. The number of aryl methyl sites for hydroxylation is 1. The maximum atomic E-state index is 5.43. The molecule has 10 heteroatoms. The van der Waals surface area contributed by atoms with Crippen LogP contribution >= 0.6 is 24.0 Å². The van der Waals surface area contributed by atoms with Gasteiger partial charge in [0.05, 0.1) is 26.8 Å². The van der Waals surface area contributed by atoms with E-state index in [-0.39, 0.29) is 30.0 Å². The van der Waals surface area contributed by atoms with Crippen molar-refractivity contribution in [3.05, 3.63) is 35.9 Å². The van der Waals surface area contributed by atoms with Crippen LogP contribution in [0.1, 0.15) is 17.4 Å². The zero-order chi connectivity index (χ0) is 19.8. The van der Waals surface area contributed by atoms with Crippen molar-refractivity contribution < 1.29 is 9.47 Å². The Morgan fingerprint density at radius 3 is 2.46 bits per heavy atom. The van der Waals surface area contributed by atoms with Gasteiger partial charge < -0.3 is 25.0 Å². The van der Waals surface area contributed by atoms with Gasteiger partial charge in [-0.25, -0.2) is 4.98 Å². The van der Waals surface area contributed by atoms with Crippen LogP contribution < -0.4 is 20.1 Å². The van der Waals surface area contributed by atoms with Gasteiger partial charge in [0.15, 0.2) is 17.5 Å². The zero-order valence-corrected chi connectivity index (χ0v) is 19.6. The van der Waals surface area contributed by atoms with Crippen molar-refractivity contribution >= 4 is 29.9 Å². The molecule has 0 bridgehead atoms. The van der Waals surface area contributed by atoms with E-state index in [4.69, 9.17) is 9.47 Å². The number of rotatable bonds is 8. The normalized spacial score (nSPS) is 12.3. The molecule has 1 aromatic heterocycles. The third kappa shape index (κ3) is 6.23. The average molecular weight is 503 g/mol. The van der Waals surface area contributed by atoms with Crippen molar-refractivity contribution in [2.75, 3.05) is 41.9 Å². The summed E-state index contributed by atoms with van der Waals surface area (Å²) in [6.45, 7) is 1.21. The largest absolute Gasteiger partial charge is 0.493 e. The van der Waals surface area contributed by atoms with Crippen LogP contribution in [0.15, 0.2) is 29.5 Å². The number of nitrogens with one attached hydrogen (secondary N) is 2. The van der Waals surface area contributed by atoms with Gasteiger partial charge in [0, 0.05) is 20.6 Å². The first-order chi connectivity index (χ1) is 13.0. The second-order valence-corrected chi connectivity index (χ2v) is 6.20. The second kappa shape index (κ2) is 11.7. The monoisotopic (exact) mass is 503 g/mol. The van der Waals surface area contributed by atoms with Gasteiger partial charge in [-0.15, -0.1) is 24.0 Å². The van der Waals surface area contributed by atoms with Crippen LogP contribution in [0.25, 0.3) is 0 Å². The minimum absolute atomic E-state index is 0. The van der Waals surface area contributed by atoms with Gasteiger partial charge in [0.25, 0.3) is 0 Å². The lowest BCUT2D eigenvalue weighted by Crippen LogP contribution is -2.41. The topological polar surface area (TPSA) is 88.8 Å². The highest BCUT2D eigenvalue weighted by atomic mass is 127. The first kappa shape index (κ1) is 24.0. The van der Waals surface area contributed by atoms with E-state index >= 15 is 0 Å². The molecule has 0 aliphatic rings. The van der Waals surface area contributed by atoms with Crippen LogP contribution in [0.4, 0.5) is 0 Å². The summed E-state index contributed by atoms with van der Waals surface area (Å²) in [6, 6.07) is 6.09. The number of hydrogen-bond acceptors (Lipinski definition) is 6. The van der Waals surface area contributed by atoms with Crippen LogP contribution in [0.5, 0.6) is 11.5 Å². The summed E-state index contributed by atoms with van der Waals surface area (Å²) < 4.78 is 12.5. The maximum Gasteiger partial charge on any atom is 0.191 e. The molecule has 156 valence electrons. The molecule has 0 saturated carbocycles. The summed E-state index contributed by atoms with van der Waals surface area (Å²) in [4.78, 5) is 10.6. The van der Waals surface area contributed by atoms with Crippen LogP contribution in [0, 0.1) is 0 Å². The number of halogens is 1. The second-order valence-electron chi connectivity index (χ2n) is 6.20. The quantitative estimate of drug-likeness (QED) is 0.320. The standard InChI is InChI=1S/C18H29N7O2.HI/c1-19-18(21-11-17-22-12-23-25(17)4)20-10-14(24(2)3)13-7-8-15(26-5)16(9-13)27-6;/h7-9,12,14H,10-11H2,1-6H3,(H2,19,20,21);1H. The van der Waals surface area contributed by atoms with Crippen LogP contribution in [0.3, 0.4) is 0 Å². The highest BCUT2D eigenvalue weighted by Crippen LogP contribution is 2.31. The SMILES string of the molecule is CN=C(NCc1ncnn1C)NCC(c1ccc(OC)c(OC)c1)N(C)C.I. The van der Waals surface area contributed by atoms with Crippen LogP contribution in [0.2, 0.25) is 0 Å². The summed E-state index contributed by atoms with van der Waals surface area (Å²) in [6.07, 6.45) is 1.53. The summed E-state index contributed by atoms with van der Waals surface area (Å²) in [5.74, 6) is 2.96. The summed E-state index contributed by atoms with van der Waals surface area (Å²) in [5.41, 5.74) is 1.12. The van der Waals surface area contributed by atoms with E-state index in [1.165, 1.54) is 6.33 Å². The highest BCUT2D eigenvalue weighted by Gasteiger charge is 2.17. The summed E-state index contributed by atoms with van der Waals surface area (Å²) >= 11 is 0. The van der Waals surface area contributed by atoms with Gasteiger partial charge in [0.1, 0.15) is 12.2 Å². The molecule has 2 N–H and O–H groups in total. The molecule has 0 spiro atoms. The van der Waals surface area contributed by atoms with Crippen molar-refractivity contribution in [2.24, 2.45) is 12.0 Å². The van der Waals surface area contributed by atoms with E-state index in [0.717, 1.165) is 11.4 Å². The van der Waals surface area contributed by atoms with Crippen molar-refractivity contribution in [3.8, 4) is 11.5 Å². The molecule has 0 aliphatic carbocycles. The minimum atomic E-state index is 0. The van der Waals surface area contributed by atoms with E-state index in [1.54, 1.807) is 25.9 Å². The van der Waals surface area contributed by atoms with Gasteiger partial charge in [-0.1, -0.05) is 6.07 Å². The first-order valence-corrected chi connectivity index (χ1v) is 8.65. The molecule has 2 rings (SSSR count). The molecule has 1 heterocycles. The number of nitrogens with zero attached hydrogens (tertiary/aromatic N) is 5. The number of aromatic nitrogens is 3. The van der Waals surface area contributed by atoms with Crippen molar-refractivity contribution in [1.29, 1.82) is 0 Å². The number of benzene rings is 1. The molecule has 9 nitrogen and oxygen atoms in total. The summed E-state index contributed by atoms with van der Waals surface area (Å²) in [5, 5.41) is 10.7. The predicted molar refractivity (Wildman–Crippen MR) is 121 cm³/mol. The van der Waals surface area contributed by atoms with Crippen molar-refractivity contribution in [1.82, 2.24) is 30.3 Å². The van der Waals surface area contributed by atoms with Gasteiger partial charge in [0.2, 0.25) is 0 Å². The Bertz CT molecular complexity index is 764. The molecule has 28 heavy (non-hydrogen) atoms. The lowest BCUT2D eigenvalue weighted by atomic mass is 10.1. The van der Waals surface area contributed by atoms with Crippen molar-refractivity contribution in [3.63, 3.8) is 0 Å². The van der Waals surface area contributed by atoms with Crippen molar-refractivity contribution in [2.45, 2.75) is 12.6 Å². The fourth-order valence-electron chi connectivity index (χ4n) is 2.72. The molecule has 0 saturated heterocycles. The Hall–Kier alpha value is -2.08. The Labute approximate surface area is 183 Å². The Morgan fingerprint density at radius 1 is 1.21 bits per heavy atom. The van der Waals surface area contributed by atoms with E-state index < -0.39 is 0 Å². The Morgan fingerprint density at radius 2 is 1.93 bits per heavy atom. The average Bonchev–Trinajstić information content (AvgIpc) is 3.08. The summed E-state index contributed by atoms with van der Waals surface area (Å²) in [7, 11) is 11.0.